The number of likely N-dealkylation sites (N-methyl/N-ethyl adjacent to an activating group) is 1. The molecule has 0 N–H and O–H groups in total. The SMILES string of the molecule is Cc1ccnc(CC2Cc3ccccc3N2C)c1C. The molecule has 1 atom stereocenters. The first-order chi connectivity index (χ1) is 9.16. The van der Waals surface area contributed by atoms with Crippen molar-refractivity contribution < 1.29 is 0 Å². The highest BCUT2D eigenvalue weighted by Crippen LogP contribution is 2.32. The molecule has 1 aromatic carbocycles. The zero-order valence-corrected chi connectivity index (χ0v) is 11.9. The van der Waals surface area contributed by atoms with Gasteiger partial charge in [-0.25, -0.2) is 0 Å². The average molecular weight is 252 g/mol. The molecule has 2 aromatic rings. The normalized spacial score (nSPS) is 17.6. The highest BCUT2D eigenvalue weighted by atomic mass is 15.2. The van der Waals surface area contributed by atoms with Crippen molar-refractivity contribution in [3.05, 3.63) is 58.9 Å². The fourth-order valence-corrected chi connectivity index (χ4v) is 2.94. The molecule has 1 unspecified atom stereocenters. The maximum absolute atomic E-state index is 4.57. The second-order valence-electron chi connectivity index (χ2n) is 5.50. The van der Waals surface area contributed by atoms with Gasteiger partial charge in [0.05, 0.1) is 0 Å². The molecule has 98 valence electrons. The largest absolute Gasteiger partial charge is 0.371 e. The van der Waals surface area contributed by atoms with E-state index >= 15 is 0 Å². The molecule has 1 aromatic heterocycles. The molecule has 0 radical (unpaired) electrons. The number of aryl methyl sites for hydroxylation is 1. The Balaban J connectivity index is 1.85. The van der Waals surface area contributed by atoms with Crippen LogP contribution in [0.15, 0.2) is 36.5 Å². The van der Waals surface area contributed by atoms with E-state index in [4.69, 9.17) is 0 Å². The number of fused-ring (bicyclic) bond motifs is 1. The maximum Gasteiger partial charge on any atom is 0.0455 e. The molecule has 2 nitrogen and oxygen atoms in total. The van der Waals surface area contributed by atoms with Crippen LogP contribution in [-0.2, 0) is 12.8 Å². The summed E-state index contributed by atoms with van der Waals surface area (Å²) in [6.07, 6.45) is 4.08. The molecular formula is C17H20N2. The van der Waals surface area contributed by atoms with Gasteiger partial charge in [-0.3, -0.25) is 4.98 Å². The fourth-order valence-electron chi connectivity index (χ4n) is 2.94. The smallest absolute Gasteiger partial charge is 0.0455 e. The molecule has 0 spiro atoms. The van der Waals surface area contributed by atoms with Crippen molar-refractivity contribution >= 4 is 5.69 Å². The van der Waals surface area contributed by atoms with E-state index in [-0.39, 0.29) is 0 Å². The third-order valence-corrected chi connectivity index (χ3v) is 4.38. The number of aromatic nitrogens is 1. The van der Waals surface area contributed by atoms with Gasteiger partial charge in [-0.05, 0) is 49.1 Å². The molecule has 2 heterocycles. The molecule has 19 heavy (non-hydrogen) atoms. The average Bonchev–Trinajstić information content (AvgIpc) is 2.73. The molecule has 0 fully saturated rings. The van der Waals surface area contributed by atoms with E-state index in [0.29, 0.717) is 6.04 Å². The van der Waals surface area contributed by atoms with Crippen LogP contribution >= 0.6 is 0 Å². The van der Waals surface area contributed by atoms with Crippen LogP contribution in [0.4, 0.5) is 5.69 Å². The summed E-state index contributed by atoms with van der Waals surface area (Å²) >= 11 is 0. The van der Waals surface area contributed by atoms with Gasteiger partial charge in [0.25, 0.3) is 0 Å². The lowest BCUT2D eigenvalue weighted by Crippen LogP contribution is -2.30. The van der Waals surface area contributed by atoms with Gasteiger partial charge in [0, 0.05) is 37.1 Å². The Morgan fingerprint density at radius 1 is 1.21 bits per heavy atom. The Labute approximate surface area is 115 Å². The van der Waals surface area contributed by atoms with Crippen molar-refractivity contribution in [1.82, 2.24) is 4.98 Å². The third kappa shape index (κ3) is 2.12. The Kier molecular flexibility index (Phi) is 3.02. The van der Waals surface area contributed by atoms with E-state index in [1.807, 2.05) is 6.20 Å². The van der Waals surface area contributed by atoms with Gasteiger partial charge in [0.1, 0.15) is 0 Å². The van der Waals surface area contributed by atoms with Crippen molar-refractivity contribution in [1.29, 1.82) is 0 Å². The van der Waals surface area contributed by atoms with E-state index in [2.05, 4.69) is 61.1 Å². The molecule has 0 amide bonds. The lowest BCUT2D eigenvalue weighted by molar-refractivity contribution is 0.648. The van der Waals surface area contributed by atoms with Gasteiger partial charge in [-0.2, -0.15) is 0 Å². The van der Waals surface area contributed by atoms with Crippen molar-refractivity contribution in [3.63, 3.8) is 0 Å². The molecule has 0 saturated heterocycles. The van der Waals surface area contributed by atoms with Gasteiger partial charge < -0.3 is 4.90 Å². The molecular weight excluding hydrogens is 232 g/mol. The number of rotatable bonds is 2. The summed E-state index contributed by atoms with van der Waals surface area (Å²) in [5.41, 5.74) is 6.75. The lowest BCUT2D eigenvalue weighted by Gasteiger charge is -2.23. The van der Waals surface area contributed by atoms with Crippen molar-refractivity contribution in [2.45, 2.75) is 32.7 Å². The van der Waals surface area contributed by atoms with Crippen LogP contribution in [-0.4, -0.2) is 18.1 Å². The quantitative estimate of drug-likeness (QED) is 0.815. The summed E-state index contributed by atoms with van der Waals surface area (Å²) in [5.74, 6) is 0. The summed E-state index contributed by atoms with van der Waals surface area (Å²) in [7, 11) is 2.20. The maximum atomic E-state index is 4.57. The van der Waals surface area contributed by atoms with Crippen molar-refractivity contribution in [3.8, 4) is 0 Å². The highest BCUT2D eigenvalue weighted by molar-refractivity contribution is 5.59. The number of pyridine rings is 1. The number of anilines is 1. The summed E-state index contributed by atoms with van der Waals surface area (Å²) < 4.78 is 0. The van der Waals surface area contributed by atoms with Crippen LogP contribution in [0.2, 0.25) is 0 Å². The summed E-state index contributed by atoms with van der Waals surface area (Å²) in [5, 5.41) is 0. The van der Waals surface area contributed by atoms with E-state index in [9.17, 15) is 0 Å². The molecule has 0 bridgehead atoms. The number of benzene rings is 1. The first-order valence-corrected chi connectivity index (χ1v) is 6.88. The minimum atomic E-state index is 0.533. The highest BCUT2D eigenvalue weighted by Gasteiger charge is 2.26. The number of hydrogen-bond donors (Lipinski definition) is 0. The Hall–Kier alpha value is -1.83. The second kappa shape index (κ2) is 4.69. The van der Waals surface area contributed by atoms with E-state index in [1.165, 1.54) is 28.1 Å². The summed E-state index contributed by atoms with van der Waals surface area (Å²) in [6, 6.07) is 11.3. The van der Waals surface area contributed by atoms with Crippen molar-refractivity contribution in [2.24, 2.45) is 0 Å². The summed E-state index contributed by atoms with van der Waals surface area (Å²) in [6.45, 7) is 4.34. The van der Waals surface area contributed by atoms with E-state index in [1.54, 1.807) is 0 Å². The van der Waals surface area contributed by atoms with Gasteiger partial charge >= 0.3 is 0 Å². The monoisotopic (exact) mass is 252 g/mol. The Morgan fingerprint density at radius 2 is 2.00 bits per heavy atom. The van der Waals surface area contributed by atoms with Crippen LogP contribution in [0, 0.1) is 13.8 Å². The van der Waals surface area contributed by atoms with Crippen LogP contribution in [0.25, 0.3) is 0 Å². The zero-order chi connectivity index (χ0) is 13.4. The predicted octanol–water partition coefficient (Wildman–Crippen LogP) is 3.30. The lowest BCUT2D eigenvalue weighted by atomic mass is 10.0. The Morgan fingerprint density at radius 3 is 2.79 bits per heavy atom. The van der Waals surface area contributed by atoms with E-state index < -0.39 is 0 Å². The second-order valence-corrected chi connectivity index (χ2v) is 5.50. The molecule has 0 aliphatic carbocycles. The number of hydrogen-bond acceptors (Lipinski definition) is 2. The number of para-hydroxylation sites is 1. The van der Waals surface area contributed by atoms with Crippen LogP contribution in [0.1, 0.15) is 22.4 Å². The molecule has 1 aliphatic rings. The van der Waals surface area contributed by atoms with Gasteiger partial charge in [0.15, 0.2) is 0 Å². The van der Waals surface area contributed by atoms with Crippen LogP contribution in [0.3, 0.4) is 0 Å². The Bertz CT molecular complexity index is 604. The van der Waals surface area contributed by atoms with E-state index in [0.717, 1.165) is 12.8 Å². The summed E-state index contributed by atoms with van der Waals surface area (Å²) in [4.78, 5) is 6.97. The van der Waals surface area contributed by atoms with Gasteiger partial charge in [-0.1, -0.05) is 18.2 Å². The topological polar surface area (TPSA) is 16.1 Å². The minimum absolute atomic E-state index is 0.533. The number of nitrogens with zero attached hydrogens (tertiary/aromatic N) is 2. The van der Waals surface area contributed by atoms with Crippen LogP contribution < -0.4 is 4.90 Å². The van der Waals surface area contributed by atoms with Gasteiger partial charge in [0.2, 0.25) is 0 Å². The molecule has 1 aliphatic heterocycles. The molecule has 0 saturated carbocycles. The molecule has 3 rings (SSSR count). The van der Waals surface area contributed by atoms with Crippen molar-refractivity contribution in [2.75, 3.05) is 11.9 Å². The molecule has 2 heteroatoms. The predicted molar refractivity (Wildman–Crippen MR) is 79.8 cm³/mol. The zero-order valence-electron chi connectivity index (χ0n) is 11.9. The van der Waals surface area contributed by atoms with Crippen LogP contribution in [0.5, 0.6) is 0 Å². The third-order valence-electron chi connectivity index (χ3n) is 4.38. The fraction of sp³-hybridized carbons (Fsp3) is 0.353. The first kappa shape index (κ1) is 12.2. The minimum Gasteiger partial charge on any atom is -0.371 e. The standard InChI is InChI=1S/C17H20N2/c1-12-8-9-18-16(13(12)2)11-15-10-14-6-4-5-7-17(14)19(15)3/h4-9,15H,10-11H2,1-3H3. The van der Waals surface area contributed by atoms with Gasteiger partial charge in [-0.15, -0.1) is 0 Å². The first-order valence-electron chi connectivity index (χ1n) is 6.88.